The number of ether oxygens (including phenoxy) is 2. The summed E-state index contributed by atoms with van der Waals surface area (Å²) in [7, 11) is 1.58. The highest BCUT2D eigenvalue weighted by atomic mass is 32.1. The predicted octanol–water partition coefficient (Wildman–Crippen LogP) is 0.601. The molecule has 1 saturated heterocycles. The molecule has 7 heteroatoms. The minimum atomic E-state index is -0.219. The molecule has 1 fully saturated rings. The van der Waals surface area contributed by atoms with Gasteiger partial charge in [-0.25, -0.2) is 0 Å². The minimum Gasteiger partial charge on any atom is -0.380 e. The monoisotopic (exact) mass is 327 g/mol. The van der Waals surface area contributed by atoms with Crippen molar-refractivity contribution in [2.75, 3.05) is 46.5 Å². The highest BCUT2D eigenvalue weighted by molar-refractivity contribution is 7.10. The van der Waals surface area contributed by atoms with Gasteiger partial charge in [-0.05, 0) is 11.4 Å². The Morgan fingerprint density at radius 2 is 2.32 bits per heavy atom. The fourth-order valence-corrected chi connectivity index (χ4v) is 3.39. The van der Waals surface area contributed by atoms with Crippen LogP contribution in [-0.2, 0) is 14.3 Å². The second-order valence-electron chi connectivity index (χ2n) is 5.28. The zero-order valence-corrected chi connectivity index (χ0v) is 13.8. The molecule has 3 N–H and O–H groups in total. The Morgan fingerprint density at radius 1 is 1.55 bits per heavy atom. The lowest BCUT2D eigenvalue weighted by Gasteiger charge is -2.34. The number of amides is 1. The first-order chi connectivity index (χ1) is 10.7. The zero-order chi connectivity index (χ0) is 15.8. The summed E-state index contributed by atoms with van der Waals surface area (Å²) in [4.78, 5) is 15.7. The summed E-state index contributed by atoms with van der Waals surface area (Å²) in [5.41, 5.74) is 5.56. The fraction of sp³-hybridized carbons (Fsp3) is 0.667. The maximum atomic E-state index is 12.0. The SMILES string of the molecule is COC(CN)CC(=O)NCC(c1cccs1)N1CCOCC1. The number of thiophene rings is 1. The molecule has 2 atom stereocenters. The molecule has 1 aromatic rings. The Bertz CT molecular complexity index is 431. The standard InChI is InChI=1S/C15H25N3O3S/c1-20-12(10-16)9-15(19)17-11-13(14-3-2-8-22-14)18-4-6-21-7-5-18/h2-3,8,12-13H,4-7,9-11,16H2,1H3,(H,17,19). The number of hydrogen-bond donors (Lipinski definition) is 2. The van der Waals surface area contributed by atoms with Crippen molar-refractivity contribution in [1.82, 2.24) is 10.2 Å². The Hall–Kier alpha value is -0.990. The first kappa shape index (κ1) is 17.4. The van der Waals surface area contributed by atoms with Gasteiger partial charge in [0.15, 0.2) is 0 Å². The van der Waals surface area contributed by atoms with Crippen molar-refractivity contribution in [2.45, 2.75) is 18.6 Å². The topological polar surface area (TPSA) is 76.8 Å². The van der Waals surface area contributed by atoms with E-state index in [1.807, 2.05) is 6.07 Å². The van der Waals surface area contributed by atoms with Crippen molar-refractivity contribution < 1.29 is 14.3 Å². The van der Waals surface area contributed by atoms with E-state index >= 15 is 0 Å². The van der Waals surface area contributed by atoms with Crippen molar-refractivity contribution in [2.24, 2.45) is 5.73 Å². The van der Waals surface area contributed by atoms with Crippen LogP contribution in [0, 0.1) is 0 Å². The van der Waals surface area contributed by atoms with E-state index in [1.165, 1.54) is 4.88 Å². The summed E-state index contributed by atoms with van der Waals surface area (Å²) in [5.74, 6) is -0.0212. The van der Waals surface area contributed by atoms with Crippen LogP contribution in [0.25, 0.3) is 0 Å². The Balaban J connectivity index is 1.91. The van der Waals surface area contributed by atoms with Gasteiger partial charge in [-0.15, -0.1) is 11.3 Å². The molecule has 0 saturated carbocycles. The van der Waals surface area contributed by atoms with Crippen LogP contribution in [0.15, 0.2) is 17.5 Å². The van der Waals surface area contributed by atoms with Crippen LogP contribution in [0.3, 0.4) is 0 Å². The Morgan fingerprint density at radius 3 is 2.91 bits per heavy atom. The van der Waals surface area contributed by atoms with Gasteiger partial charge in [0, 0.05) is 38.2 Å². The summed E-state index contributed by atoms with van der Waals surface area (Å²) in [6.07, 6.45) is 0.0800. The molecule has 0 aromatic carbocycles. The Labute approximate surface area is 135 Å². The molecule has 2 unspecified atom stereocenters. The molecule has 1 aromatic heterocycles. The van der Waals surface area contributed by atoms with E-state index in [9.17, 15) is 4.79 Å². The van der Waals surface area contributed by atoms with Gasteiger partial charge in [0.2, 0.25) is 5.91 Å². The van der Waals surface area contributed by atoms with E-state index in [-0.39, 0.29) is 18.1 Å². The van der Waals surface area contributed by atoms with Crippen LogP contribution in [0.5, 0.6) is 0 Å². The van der Waals surface area contributed by atoms with Crippen LogP contribution in [0.1, 0.15) is 17.3 Å². The summed E-state index contributed by atoms with van der Waals surface area (Å²) < 4.78 is 10.6. The normalized spacial score (nSPS) is 18.8. The summed E-state index contributed by atoms with van der Waals surface area (Å²) >= 11 is 1.72. The van der Waals surface area contributed by atoms with E-state index in [2.05, 4.69) is 21.7 Å². The molecule has 1 amide bonds. The lowest BCUT2D eigenvalue weighted by atomic mass is 10.1. The largest absolute Gasteiger partial charge is 0.380 e. The fourth-order valence-electron chi connectivity index (χ4n) is 2.53. The minimum absolute atomic E-state index is 0.0212. The number of carbonyl (C=O) groups excluding carboxylic acids is 1. The lowest BCUT2D eigenvalue weighted by Crippen LogP contribution is -2.44. The smallest absolute Gasteiger partial charge is 0.222 e. The predicted molar refractivity (Wildman–Crippen MR) is 86.9 cm³/mol. The van der Waals surface area contributed by atoms with Crippen LogP contribution < -0.4 is 11.1 Å². The molecule has 0 bridgehead atoms. The Kier molecular flexibility index (Phi) is 7.28. The molecule has 0 spiro atoms. The number of morpholine rings is 1. The quantitative estimate of drug-likeness (QED) is 0.731. The van der Waals surface area contributed by atoms with Crippen LogP contribution in [0.4, 0.5) is 0 Å². The molecule has 1 aliphatic rings. The number of hydrogen-bond acceptors (Lipinski definition) is 6. The van der Waals surface area contributed by atoms with E-state index in [0.29, 0.717) is 19.5 Å². The van der Waals surface area contributed by atoms with Gasteiger partial charge in [-0.3, -0.25) is 9.69 Å². The van der Waals surface area contributed by atoms with Crippen LogP contribution >= 0.6 is 11.3 Å². The van der Waals surface area contributed by atoms with Gasteiger partial charge in [0.05, 0.1) is 31.8 Å². The van der Waals surface area contributed by atoms with Gasteiger partial charge in [0.1, 0.15) is 0 Å². The first-order valence-electron chi connectivity index (χ1n) is 7.59. The molecule has 124 valence electrons. The third kappa shape index (κ3) is 5.03. The van der Waals surface area contributed by atoms with E-state index in [0.717, 1.165) is 26.3 Å². The van der Waals surface area contributed by atoms with Crippen LogP contribution in [0.2, 0.25) is 0 Å². The van der Waals surface area contributed by atoms with Gasteiger partial charge in [0.25, 0.3) is 0 Å². The number of nitrogens with one attached hydrogen (secondary N) is 1. The molecule has 0 aliphatic carbocycles. The number of nitrogens with zero attached hydrogens (tertiary/aromatic N) is 1. The number of carbonyl (C=O) groups is 1. The molecule has 2 rings (SSSR count). The molecule has 6 nitrogen and oxygen atoms in total. The zero-order valence-electron chi connectivity index (χ0n) is 13.0. The van der Waals surface area contributed by atoms with Crippen molar-refractivity contribution >= 4 is 17.2 Å². The van der Waals surface area contributed by atoms with E-state index < -0.39 is 0 Å². The molecule has 2 heterocycles. The highest BCUT2D eigenvalue weighted by Crippen LogP contribution is 2.25. The second-order valence-corrected chi connectivity index (χ2v) is 6.26. The number of rotatable bonds is 8. The third-order valence-corrected chi connectivity index (χ3v) is 4.83. The lowest BCUT2D eigenvalue weighted by molar-refractivity contribution is -0.123. The maximum Gasteiger partial charge on any atom is 0.222 e. The number of nitrogens with two attached hydrogens (primary N) is 1. The molecule has 1 aliphatic heterocycles. The molecular formula is C15H25N3O3S. The molecule has 22 heavy (non-hydrogen) atoms. The molecule has 0 radical (unpaired) electrons. The van der Waals surface area contributed by atoms with Gasteiger partial charge in [-0.1, -0.05) is 6.07 Å². The molecular weight excluding hydrogens is 302 g/mol. The van der Waals surface area contributed by atoms with E-state index in [4.69, 9.17) is 15.2 Å². The maximum absolute atomic E-state index is 12.0. The van der Waals surface area contributed by atoms with E-state index in [1.54, 1.807) is 18.4 Å². The third-order valence-electron chi connectivity index (χ3n) is 3.86. The van der Waals surface area contributed by atoms with Crippen molar-refractivity contribution in [3.05, 3.63) is 22.4 Å². The summed E-state index contributed by atoms with van der Waals surface area (Å²) in [6, 6.07) is 4.37. The highest BCUT2D eigenvalue weighted by Gasteiger charge is 2.24. The second kappa shape index (κ2) is 9.22. The van der Waals surface area contributed by atoms with Crippen molar-refractivity contribution in [3.8, 4) is 0 Å². The summed E-state index contributed by atoms with van der Waals surface area (Å²) in [6.45, 7) is 4.22. The van der Waals surface area contributed by atoms with Gasteiger partial charge >= 0.3 is 0 Å². The summed E-state index contributed by atoms with van der Waals surface area (Å²) in [5, 5.41) is 5.09. The first-order valence-corrected chi connectivity index (χ1v) is 8.47. The average molecular weight is 327 g/mol. The van der Waals surface area contributed by atoms with Crippen LogP contribution in [-0.4, -0.2) is 63.4 Å². The average Bonchev–Trinajstić information content (AvgIpc) is 3.08. The van der Waals surface area contributed by atoms with Crippen molar-refractivity contribution in [3.63, 3.8) is 0 Å². The number of methoxy groups -OCH3 is 1. The van der Waals surface area contributed by atoms with Gasteiger partial charge < -0.3 is 20.5 Å². The van der Waals surface area contributed by atoms with Crippen molar-refractivity contribution in [1.29, 1.82) is 0 Å². The van der Waals surface area contributed by atoms with Gasteiger partial charge in [-0.2, -0.15) is 0 Å².